The molecule has 1 amide bonds. The molecule has 2 aromatic rings. The van der Waals surface area contributed by atoms with Crippen LogP contribution in [0.3, 0.4) is 0 Å². The molecule has 0 saturated heterocycles. The molecule has 0 bridgehead atoms. The van der Waals surface area contributed by atoms with Crippen LogP contribution in [-0.4, -0.2) is 33.3 Å². The van der Waals surface area contributed by atoms with Crippen molar-refractivity contribution in [1.82, 2.24) is 4.90 Å². The standard InChI is InChI=1S/C27H29F3N2O3/c1-25(2,3)20-12-14-26(15-13-20)31-22(18-8-10-21(11-9-18)27(28,29)30)23(33)32(26)16-17-4-6-19(7-5-17)24(34)35/h4-11,20H,12-16H2,1-3H3,(H,34,35). The van der Waals surface area contributed by atoms with Gasteiger partial charge in [0.2, 0.25) is 0 Å². The smallest absolute Gasteiger partial charge is 0.416 e. The second-order valence-corrected chi connectivity index (χ2v) is 10.6. The number of amides is 1. The summed E-state index contributed by atoms with van der Waals surface area (Å²) in [5.41, 5.74) is 0.0552. The van der Waals surface area contributed by atoms with Crippen LogP contribution in [0.2, 0.25) is 0 Å². The van der Waals surface area contributed by atoms with Crippen LogP contribution >= 0.6 is 0 Å². The number of carbonyl (C=O) groups excluding carboxylic acids is 1. The molecule has 0 atom stereocenters. The fraction of sp³-hybridized carbons (Fsp3) is 0.444. The van der Waals surface area contributed by atoms with Gasteiger partial charge in [-0.3, -0.25) is 9.79 Å². The second kappa shape index (κ2) is 8.81. The molecule has 186 valence electrons. The molecule has 1 saturated carbocycles. The van der Waals surface area contributed by atoms with Gasteiger partial charge in [-0.1, -0.05) is 45.0 Å². The van der Waals surface area contributed by atoms with Crippen molar-refractivity contribution in [2.45, 2.75) is 64.8 Å². The van der Waals surface area contributed by atoms with Crippen LogP contribution in [0.5, 0.6) is 0 Å². The van der Waals surface area contributed by atoms with E-state index >= 15 is 0 Å². The first kappa shape index (κ1) is 24.9. The lowest BCUT2D eigenvalue weighted by atomic mass is 9.69. The Kier molecular flexibility index (Phi) is 6.28. The maximum atomic E-state index is 13.6. The molecule has 2 aromatic carbocycles. The Morgan fingerprint density at radius 2 is 1.60 bits per heavy atom. The van der Waals surface area contributed by atoms with E-state index in [0.29, 0.717) is 24.3 Å². The summed E-state index contributed by atoms with van der Waals surface area (Å²) in [4.78, 5) is 31.4. The number of benzene rings is 2. The third-order valence-corrected chi connectivity index (χ3v) is 7.31. The Bertz CT molecular complexity index is 1140. The number of carboxylic acid groups (broad SMARTS) is 1. The zero-order valence-electron chi connectivity index (χ0n) is 20.0. The first-order valence-electron chi connectivity index (χ1n) is 11.7. The monoisotopic (exact) mass is 486 g/mol. The van der Waals surface area contributed by atoms with Crippen molar-refractivity contribution in [3.63, 3.8) is 0 Å². The first-order chi connectivity index (χ1) is 16.3. The van der Waals surface area contributed by atoms with Crippen molar-refractivity contribution in [2.24, 2.45) is 16.3 Å². The van der Waals surface area contributed by atoms with Gasteiger partial charge in [-0.25, -0.2) is 4.79 Å². The van der Waals surface area contributed by atoms with Gasteiger partial charge in [0.1, 0.15) is 11.4 Å². The Morgan fingerprint density at radius 1 is 1.03 bits per heavy atom. The highest BCUT2D eigenvalue weighted by Gasteiger charge is 2.50. The van der Waals surface area contributed by atoms with Crippen LogP contribution in [0.15, 0.2) is 53.5 Å². The van der Waals surface area contributed by atoms with Gasteiger partial charge >= 0.3 is 12.1 Å². The van der Waals surface area contributed by atoms with E-state index in [-0.39, 0.29) is 29.1 Å². The van der Waals surface area contributed by atoms with Crippen LogP contribution in [0, 0.1) is 11.3 Å². The van der Waals surface area contributed by atoms with Crippen molar-refractivity contribution < 1.29 is 27.9 Å². The minimum Gasteiger partial charge on any atom is -0.478 e. The molecule has 1 heterocycles. The van der Waals surface area contributed by atoms with Gasteiger partial charge in [0.25, 0.3) is 5.91 Å². The summed E-state index contributed by atoms with van der Waals surface area (Å²) in [5.74, 6) is -0.870. The number of alkyl halides is 3. The largest absolute Gasteiger partial charge is 0.478 e. The number of carbonyl (C=O) groups is 2. The number of rotatable bonds is 4. The Hall–Kier alpha value is -3.16. The zero-order valence-corrected chi connectivity index (χ0v) is 20.0. The second-order valence-electron chi connectivity index (χ2n) is 10.6. The molecule has 35 heavy (non-hydrogen) atoms. The SMILES string of the molecule is CC(C)(C)C1CCC2(CC1)N=C(c1ccc(C(F)(F)F)cc1)C(=O)N2Cc1ccc(C(=O)O)cc1. The first-order valence-corrected chi connectivity index (χ1v) is 11.7. The molecule has 8 heteroatoms. The predicted molar refractivity (Wildman–Crippen MR) is 126 cm³/mol. The normalized spacial score (nSPS) is 23.0. The van der Waals surface area contributed by atoms with E-state index in [9.17, 15) is 22.8 Å². The molecular formula is C27H29F3N2O3. The molecule has 1 aliphatic carbocycles. The minimum absolute atomic E-state index is 0.127. The van der Waals surface area contributed by atoms with Crippen LogP contribution in [0.1, 0.15) is 73.5 Å². The predicted octanol–water partition coefficient (Wildman–Crippen LogP) is 6.17. The molecule has 0 aromatic heterocycles. The van der Waals surface area contributed by atoms with Gasteiger partial charge in [0, 0.05) is 12.1 Å². The van der Waals surface area contributed by atoms with E-state index in [0.717, 1.165) is 30.5 Å². The maximum Gasteiger partial charge on any atom is 0.416 e. The minimum atomic E-state index is -4.46. The molecule has 1 N–H and O–H groups in total. The fourth-order valence-corrected chi connectivity index (χ4v) is 5.12. The van der Waals surface area contributed by atoms with E-state index in [4.69, 9.17) is 10.1 Å². The van der Waals surface area contributed by atoms with Crippen molar-refractivity contribution in [3.05, 3.63) is 70.8 Å². The van der Waals surface area contributed by atoms with Gasteiger partial charge in [0.15, 0.2) is 0 Å². The maximum absolute atomic E-state index is 13.6. The molecule has 1 aliphatic heterocycles. The Balaban J connectivity index is 1.67. The fourth-order valence-electron chi connectivity index (χ4n) is 5.12. The van der Waals surface area contributed by atoms with Crippen LogP contribution in [0.25, 0.3) is 0 Å². The highest BCUT2D eigenvalue weighted by atomic mass is 19.4. The van der Waals surface area contributed by atoms with Crippen molar-refractivity contribution in [1.29, 1.82) is 0 Å². The van der Waals surface area contributed by atoms with Crippen molar-refractivity contribution in [2.75, 3.05) is 0 Å². The third-order valence-electron chi connectivity index (χ3n) is 7.31. The molecule has 0 radical (unpaired) electrons. The number of carboxylic acids is 1. The quantitative estimate of drug-likeness (QED) is 0.562. The number of aromatic carboxylic acids is 1. The summed E-state index contributed by atoms with van der Waals surface area (Å²) >= 11 is 0. The highest BCUT2D eigenvalue weighted by molar-refractivity contribution is 6.46. The average molecular weight is 487 g/mol. The van der Waals surface area contributed by atoms with E-state index < -0.39 is 23.4 Å². The summed E-state index contributed by atoms with van der Waals surface area (Å²) in [6.07, 6.45) is -1.36. The number of halogens is 3. The Labute approximate surface area is 202 Å². The highest BCUT2D eigenvalue weighted by Crippen LogP contribution is 2.47. The van der Waals surface area contributed by atoms with Crippen LogP contribution in [0.4, 0.5) is 13.2 Å². The molecule has 1 spiro atoms. The van der Waals surface area contributed by atoms with Crippen LogP contribution in [-0.2, 0) is 17.5 Å². The van der Waals surface area contributed by atoms with E-state index in [1.807, 2.05) is 0 Å². The summed E-state index contributed by atoms with van der Waals surface area (Å²) in [6, 6.07) is 10.9. The van der Waals surface area contributed by atoms with Crippen LogP contribution < -0.4 is 0 Å². The lowest BCUT2D eigenvalue weighted by Gasteiger charge is -2.44. The summed E-state index contributed by atoms with van der Waals surface area (Å²) < 4.78 is 39.1. The number of hydrogen-bond acceptors (Lipinski definition) is 3. The zero-order chi connectivity index (χ0) is 25.6. The van der Waals surface area contributed by atoms with Crippen molar-refractivity contribution >= 4 is 17.6 Å². The Morgan fingerprint density at radius 3 is 2.09 bits per heavy atom. The lowest BCUT2D eigenvalue weighted by Crippen LogP contribution is -2.49. The summed E-state index contributed by atoms with van der Waals surface area (Å²) in [5, 5.41) is 9.17. The molecule has 4 rings (SSSR count). The summed E-state index contributed by atoms with van der Waals surface area (Å²) in [7, 11) is 0. The molecule has 5 nitrogen and oxygen atoms in total. The van der Waals surface area contributed by atoms with Gasteiger partial charge in [-0.2, -0.15) is 13.2 Å². The lowest BCUT2D eigenvalue weighted by molar-refractivity contribution is -0.137. The van der Waals surface area contributed by atoms with Gasteiger partial charge in [0.05, 0.1) is 11.1 Å². The molecule has 0 unspecified atom stereocenters. The number of nitrogens with zero attached hydrogens (tertiary/aromatic N) is 2. The van der Waals surface area contributed by atoms with E-state index in [2.05, 4.69) is 20.8 Å². The molecule has 1 fully saturated rings. The molecule has 2 aliphatic rings. The van der Waals surface area contributed by atoms with E-state index in [1.165, 1.54) is 24.3 Å². The van der Waals surface area contributed by atoms with Crippen molar-refractivity contribution in [3.8, 4) is 0 Å². The molecular weight excluding hydrogens is 457 g/mol. The van der Waals surface area contributed by atoms with Gasteiger partial charge in [-0.05, 0) is 66.8 Å². The third kappa shape index (κ3) is 4.97. The summed E-state index contributed by atoms with van der Waals surface area (Å²) in [6.45, 7) is 6.85. The topological polar surface area (TPSA) is 70.0 Å². The van der Waals surface area contributed by atoms with E-state index in [1.54, 1.807) is 17.0 Å². The number of aliphatic imine (C=N–C) groups is 1. The van der Waals surface area contributed by atoms with Gasteiger partial charge < -0.3 is 10.0 Å². The average Bonchev–Trinajstić information content (AvgIpc) is 3.05. The van der Waals surface area contributed by atoms with Gasteiger partial charge in [-0.15, -0.1) is 0 Å². The number of hydrogen-bond donors (Lipinski definition) is 1.